The Morgan fingerprint density at radius 2 is 1.94 bits per heavy atom. The van der Waals surface area contributed by atoms with Crippen LogP contribution in [0.3, 0.4) is 0 Å². The lowest BCUT2D eigenvalue weighted by Crippen LogP contribution is -2.28. The van der Waals surface area contributed by atoms with E-state index in [0.717, 1.165) is 5.56 Å². The van der Waals surface area contributed by atoms with E-state index in [4.69, 9.17) is 5.73 Å². The van der Waals surface area contributed by atoms with Crippen LogP contribution < -0.4 is 11.1 Å². The van der Waals surface area contributed by atoms with Gasteiger partial charge in [0, 0.05) is 12.1 Å². The van der Waals surface area contributed by atoms with Crippen LogP contribution >= 0.6 is 0 Å². The minimum Gasteiger partial charge on any atom is -0.366 e. The van der Waals surface area contributed by atoms with Gasteiger partial charge in [0.1, 0.15) is 0 Å². The van der Waals surface area contributed by atoms with Crippen LogP contribution in [0.1, 0.15) is 27.0 Å². The number of amides is 1. The number of carbonyl (C=O) groups excluding carboxylic acids is 1. The van der Waals surface area contributed by atoms with Crippen molar-refractivity contribution in [2.45, 2.75) is 26.6 Å². The van der Waals surface area contributed by atoms with Crippen molar-refractivity contribution in [1.29, 1.82) is 0 Å². The first-order chi connectivity index (χ1) is 8.22. The molecule has 3 N–H and O–H groups in total. The summed E-state index contributed by atoms with van der Waals surface area (Å²) in [5.74, 6) is -0.567. The number of halogens is 3. The first-order valence-corrected chi connectivity index (χ1v) is 5.38. The van der Waals surface area contributed by atoms with Crippen molar-refractivity contribution in [2.24, 2.45) is 5.73 Å². The number of nitrogens with one attached hydrogen (secondary N) is 1. The van der Waals surface area contributed by atoms with Crippen molar-refractivity contribution in [1.82, 2.24) is 5.32 Å². The van der Waals surface area contributed by atoms with E-state index in [1.165, 1.54) is 0 Å². The maximum absolute atomic E-state index is 12.0. The zero-order valence-corrected chi connectivity index (χ0v) is 10.2. The molecule has 18 heavy (non-hydrogen) atoms. The fourth-order valence-corrected chi connectivity index (χ4v) is 1.80. The number of aryl methyl sites for hydroxylation is 1. The van der Waals surface area contributed by atoms with Gasteiger partial charge in [0.15, 0.2) is 0 Å². The zero-order chi connectivity index (χ0) is 13.9. The van der Waals surface area contributed by atoms with Crippen LogP contribution in [0.4, 0.5) is 13.2 Å². The zero-order valence-electron chi connectivity index (χ0n) is 10.2. The molecule has 0 saturated carbocycles. The highest BCUT2D eigenvalue weighted by atomic mass is 19.4. The van der Waals surface area contributed by atoms with Gasteiger partial charge in [0.2, 0.25) is 5.91 Å². The number of carbonyl (C=O) groups is 1. The molecule has 6 heteroatoms. The number of rotatable bonds is 4. The molecule has 0 aliphatic heterocycles. The Bertz CT molecular complexity index is 455. The number of hydrogen-bond acceptors (Lipinski definition) is 2. The summed E-state index contributed by atoms with van der Waals surface area (Å²) < 4.78 is 36.0. The van der Waals surface area contributed by atoms with Crippen LogP contribution in [0.25, 0.3) is 0 Å². The second-order valence-corrected chi connectivity index (χ2v) is 4.12. The summed E-state index contributed by atoms with van der Waals surface area (Å²) in [4.78, 5) is 11.2. The van der Waals surface area contributed by atoms with E-state index in [9.17, 15) is 18.0 Å². The Morgan fingerprint density at radius 1 is 1.33 bits per heavy atom. The van der Waals surface area contributed by atoms with Crippen LogP contribution in [0, 0.1) is 13.8 Å². The third-order valence-electron chi connectivity index (χ3n) is 2.67. The first-order valence-electron chi connectivity index (χ1n) is 5.38. The molecule has 0 atom stereocenters. The van der Waals surface area contributed by atoms with Crippen LogP contribution in [0.5, 0.6) is 0 Å². The van der Waals surface area contributed by atoms with Gasteiger partial charge in [-0.3, -0.25) is 4.79 Å². The second kappa shape index (κ2) is 5.39. The third-order valence-corrected chi connectivity index (χ3v) is 2.67. The Morgan fingerprint density at radius 3 is 2.44 bits per heavy atom. The summed E-state index contributed by atoms with van der Waals surface area (Å²) in [6, 6.07) is 3.37. The normalized spacial score (nSPS) is 11.6. The van der Waals surface area contributed by atoms with Crippen LogP contribution in [-0.2, 0) is 6.54 Å². The molecule has 1 aromatic carbocycles. The highest BCUT2D eigenvalue weighted by Crippen LogP contribution is 2.18. The standard InChI is InChI=1S/C12H15F3N2O/c1-7-3-4-9(5-17-6-12(13,14)15)8(2)10(7)11(16)18/h3-4,17H,5-6H2,1-2H3,(H2,16,18). The van der Waals surface area contributed by atoms with Crippen molar-refractivity contribution in [3.63, 3.8) is 0 Å². The van der Waals surface area contributed by atoms with E-state index in [1.54, 1.807) is 26.0 Å². The highest BCUT2D eigenvalue weighted by Gasteiger charge is 2.26. The van der Waals surface area contributed by atoms with E-state index in [0.29, 0.717) is 16.7 Å². The molecular weight excluding hydrogens is 245 g/mol. The first kappa shape index (κ1) is 14.5. The van der Waals surface area contributed by atoms with Crippen molar-refractivity contribution < 1.29 is 18.0 Å². The Kier molecular flexibility index (Phi) is 4.34. The Hall–Kier alpha value is -1.56. The van der Waals surface area contributed by atoms with Crippen LogP contribution in [0.15, 0.2) is 12.1 Å². The lowest BCUT2D eigenvalue weighted by atomic mass is 9.97. The molecule has 100 valence electrons. The smallest absolute Gasteiger partial charge is 0.366 e. The fraction of sp³-hybridized carbons (Fsp3) is 0.417. The van der Waals surface area contributed by atoms with Crippen molar-refractivity contribution in [3.05, 3.63) is 34.4 Å². The van der Waals surface area contributed by atoms with Gasteiger partial charge >= 0.3 is 6.18 Å². The van der Waals surface area contributed by atoms with Crippen LogP contribution in [0.2, 0.25) is 0 Å². The minimum absolute atomic E-state index is 0.0475. The predicted octanol–water partition coefficient (Wildman–Crippen LogP) is 2.05. The highest BCUT2D eigenvalue weighted by molar-refractivity contribution is 5.96. The topological polar surface area (TPSA) is 55.1 Å². The van der Waals surface area contributed by atoms with Gasteiger partial charge in [-0.15, -0.1) is 0 Å². The molecule has 1 aromatic rings. The molecule has 0 bridgehead atoms. The molecule has 0 saturated heterocycles. The van der Waals surface area contributed by atoms with Gasteiger partial charge in [0.25, 0.3) is 0 Å². The molecule has 0 aromatic heterocycles. The molecule has 0 aliphatic carbocycles. The maximum atomic E-state index is 12.0. The van der Waals surface area contributed by atoms with Gasteiger partial charge in [-0.2, -0.15) is 13.2 Å². The monoisotopic (exact) mass is 260 g/mol. The lowest BCUT2D eigenvalue weighted by molar-refractivity contribution is -0.125. The Balaban J connectivity index is 2.85. The van der Waals surface area contributed by atoms with Gasteiger partial charge in [-0.1, -0.05) is 12.1 Å². The van der Waals surface area contributed by atoms with Gasteiger partial charge in [-0.05, 0) is 30.5 Å². The van der Waals surface area contributed by atoms with E-state index < -0.39 is 18.6 Å². The quantitative estimate of drug-likeness (QED) is 0.870. The predicted molar refractivity (Wildman–Crippen MR) is 62.2 cm³/mol. The summed E-state index contributed by atoms with van der Waals surface area (Å²) >= 11 is 0. The summed E-state index contributed by atoms with van der Waals surface area (Å²) in [7, 11) is 0. The molecule has 1 rings (SSSR count). The molecule has 0 unspecified atom stereocenters. The van der Waals surface area contributed by atoms with E-state index in [1.807, 2.05) is 0 Å². The summed E-state index contributed by atoms with van der Waals surface area (Å²) in [6.07, 6.45) is -4.24. The molecular formula is C12H15F3N2O. The molecule has 0 spiro atoms. The Labute approximate surface area is 103 Å². The number of benzene rings is 1. The second-order valence-electron chi connectivity index (χ2n) is 4.12. The van der Waals surface area contributed by atoms with Crippen molar-refractivity contribution in [2.75, 3.05) is 6.54 Å². The average Bonchev–Trinajstić information content (AvgIpc) is 2.19. The van der Waals surface area contributed by atoms with Crippen molar-refractivity contribution in [3.8, 4) is 0 Å². The van der Waals surface area contributed by atoms with Crippen LogP contribution in [-0.4, -0.2) is 18.6 Å². The molecule has 0 heterocycles. The molecule has 0 fully saturated rings. The average molecular weight is 260 g/mol. The SMILES string of the molecule is Cc1ccc(CNCC(F)(F)F)c(C)c1C(N)=O. The fourth-order valence-electron chi connectivity index (χ4n) is 1.80. The lowest BCUT2D eigenvalue weighted by Gasteiger charge is -2.13. The van der Waals surface area contributed by atoms with E-state index in [-0.39, 0.29) is 6.54 Å². The number of hydrogen-bond donors (Lipinski definition) is 2. The van der Waals surface area contributed by atoms with Gasteiger partial charge in [-0.25, -0.2) is 0 Å². The largest absolute Gasteiger partial charge is 0.401 e. The van der Waals surface area contributed by atoms with Crippen molar-refractivity contribution >= 4 is 5.91 Å². The summed E-state index contributed by atoms with van der Waals surface area (Å²) in [6.45, 7) is 2.40. The molecule has 0 radical (unpaired) electrons. The minimum atomic E-state index is -4.24. The van der Waals surface area contributed by atoms with Gasteiger partial charge < -0.3 is 11.1 Å². The number of primary amides is 1. The molecule has 0 aliphatic rings. The molecule has 1 amide bonds. The summed E-state index contributed by atoms with van der Waals surface area (Å²) in [5.41, 5.74) is 7.60. The number of alkyl halides is 3. The maximum Gasteiger partial charge on any atom is 0.401 e. The summed E-state index contributed by atoms with van der Waals surface area (Å²) in [5, 5.41) is 2.29. The number of nitrogens with two attached hydrogens (primary N) is 1. The third kappa shape index (κ3) is 3.73. The van der Waals surface area contributed by atoms with E-state index >= 15 is 0 Å². The van der Waals surface area contributed by atoms with E-state index in [2.05, 4.69) is 5.32 Å². The molecule has 3 nitrogen and oxygen atoms in total. The van der Waals surface area contributed by atoms with Gasteiger partial charge in [0.05, 0.1) is 6.54 Å².